The van der Waals surface area contributed by atoms with Gasteiger partial charge in [-0.3, -0.25) is 0 Å². The van der Waals surface area contributed by atoms with Crippen LogP contribution in [0.3, 0.4) is 0 Å². The predicted octanol–water partition coefficient (Wildman–Crippen LogP) is 4.66. The minimum Gasteiger partial charge on any atom is -0.206 e. The molecule has 0 aromatic heterocycles. The van der Waals surface area contributed by atoms with Gasteiger partial charge in [0, 0.05) is 0 Å². The molecule has 0 heterocycles. The fraction of sp³-hybridized carbons (Fsp3) is 0.235. The van der Waals surface area contributed by atoms with Crippen LogP contribution in [0.15, 0.2) is 42.5 Å². The van der Waals surface area contributed by atoms with Crippen molar-refractivity contribution in [2.75, 3.05) is 0 Å². The summed E-state index contributed by atoms with van der Waals surface area (Å²) in [6.07, 6.45) is 0. The van der Waals surface area contributed by atoms with E-state index in [9.17, 15) is 4.39 Å². The molecule has 0 amide bonds. The summed E-state index contributed by atoms with van der Waals surface area (Å²) < 4.78 is 13.6. The van der Waals surface area contributed by atoms with E-state index in [1.165, 1.54) is 17.7 Å². The Morgan fingerprint density at radius 3 is 2.00 bits per heavy atom. The van der Waals surface area contributed by atoms with E-state index in [-0.39, 0.29) is 11.0 Å². The van der Waals surface area contributed by atoms with Crippen molar-refractivity contribution in [3.63, 3.8) is 0 Å². The number of rotatable bonds is 1. The van der Waals surface area contributed by atoms with E-state index in [1.807, 2.05) is 18.2 Å². The number of halogens is 1. The lowest BCUT2D eigenvalue weighted by atomic mass is 9.86. The largest absolute Gasteiger partial charge is 0.206 e. The molecule has 0 fully saturated rings. The van der Waals surface area contributed by atoms with Gasteiger partial charge >= 0.3 is 0 Å². The first-order valence-electron chi connectivity index (χ1n) is 6.22. The van der Waals surface area contributed by atoms with Crippen LogP contribution in [-0.2, 0) is 5.41 Å². The fourth-order valence-electron chi connectivity index (χ4n) is 1.95. The normalized spacial score (nSPS) is 11.1. The third kappa shape index (κ3) is 2.82. The molecular weight excluding hydrogens is 237 g/mol. The molecule has 1 nitrogen and oxygen atoms in total. The molecule has 2 heteroatoms. The van der Waals surface area contributed by atoms with E-state index in [2.05, 4.69) is 32.9 Å². The van der Waals surface area contributed by atoms with Crippen LogP contribution >= 0.6 is 0 Å². The Kier molecular flexibility index (Phi) is 3.40. The quantitative estimate of drug-likeness (QED) is 0.725. The summed E-state index contributed by atoms with van der Waals surface area (Å²) in [5, 5.41) is 8.72. The molecule has 0 unspecified atom stereocenters. The number of nitrogens with zero attached hydrogens (tertiary/aromatic N) is 1. The maximum absolute atomic E-state index is 13.6. The van der Waals surface area contributed by atoms with Gasteiger partial charge in [0.1, 0.15) is 11.9 Å². The Hall–Kier alpha value is -2.14. The van der Waals surface area contributed by atoms with Crippen LogP contribution in [0.25, 0.3) is 11.1 Å². The zero-order valence-corrected chi connectivity index (χ0v) is 11.4. The molecule has 19 heavy (non-hydrogen) atoms. The van der Waals surface area contributed by atoms with Crippen molar-refractivity contribution >= 4 is 0 Å². The average Bonchev–Trinajstić information content (AvgIpc) is 2.38. The fourth-order valence-corrected chi connectivity index (χ4v) is 1.95. The van der Waals surface area contributed by atoms with Crippen molar-refractivity contribution in [1.29, 1.82) is 5.26 Å². The molecule has 0 aliphatic rings. The second kappa shape index (κ2) is 4.85. The highest BCUT2D eigenvalue weighted by Crippen LogP contribution is 2.26. The van der Waals surface area contributed by atoms with Crippen LogP contribution in [0.1, 0.15) is 31.9 Å². The first-order valence-corrected chi connectivity index (χ1v) is 6.22. The SMILES string of the molecule is CC(C)(C)c1ccc(-c2ccc(C#N)c(F)c2)cc1. The summed E-state index contributed by atoms with van der Waals surface area (Å²) >= 11 is 0. The molecule has 0 radical (unpaired) electrons. The number of hydrogen-bond acceptors (Lipinski definition) is 1. The van der Waals surface area contributed by atoms with E-state index < -0.39 is 5.82 Å². The van der Waals surface area contributed by atoms with Gasteiger partial charge < -0.3 is 0 Å². The highest BCUT2D eigenvalue weighted by Gasteiger charge is 2.13. The van der Waals surface area contributed by atoms with Crippen LogP contribution in [-0.4, -0.2) is 0 Å². The lowest BCUT2D eigenvalue weighted by molar-refractivity contribution is 0.590. The second-order valence-electron chi connectivity index (χ2n) is 5.63. The first kappa shape index (κ1) is 13.3. The van der Waals surface area contributed by atoms with Crippen LogP contribution in [0, 0.1) is 17.1 Å². The Balaban J connectivity index is 2.38. The third-order valence-electron chi connectivity index (χ3n) is 3.17. The van der Waals surface area contributed by atoms with E-state index in [4.69, 9.17) is 5.26 Å². The van der Waals surface area contributed by atoms with Crippen LogP contribution < -0.4 is 0 Å². The van der Waals surface area contributed by atoms with E-state index in [1.54, 1.807) is 6.07 Å². The summed E-state index contributed by atoms with van der Waals surface area (Å²) in [5.74, 6) is -0.472. The van der Waals surface area contributed by atoms with Gasteiger partial charge in [-0.2, -0.15) is 5.26 Å². The molecule has 0 spiro atoms. The Morgan fingerprint density at radius 2 is 1.53 bits per heavy atom. The van der Waals surface area contributed by atoms with E-state index in [0.29, 0.717) is 0 Å². The summed E-state index contributed by atoms with van der Waals surface area (Å²) in [5.41, 5.74) is 3.17. The summed E-state index contributed by atoms with van der Waals surface area (Å²) in [7, 11) is 0. The predicted molar refractivity (Wildman–Crippen MR) is 75.3 cm³/mol. The average molecular weight is 253 g/mol. The van der Waals surface area contributed by atoms with Crippen molar-refractivity contribution < 1.29 is 4.39 Å². The smallest absolute Gasteiger partial charge is 0.141 e. The maximum atomic E-state index is 13.6. The molecule has 0 saturated heterocycles. The molecule has 96 valence electrons. The highest BCUT2D eigenvalue weighted by molar-refractivity contribution is 5.65. The molecular formula is C17H16FN. The number of hydrogen-bond donors (Lipinski definition) is 0. The van der Waals surface area contributed by atoms with Gasteiger partial charge in [0.05, 0.1) is 5.56 Å². The molecule has 0 atom stereocenters. The van der Waals surface area contributed by atoms with Gasteiger partial charge in [-0.1, -0.05) is 51.1 Å². The van der Waals surface area contributed by atoms with Gasteiger partial charge in [-0.05, 0) is 34.2 Å². The van der Waals surface area contributed by atoms with Crippen molar-refractivity contribution in [2.24, 2.45) is 0 Å². The van der Waals surface area contributed by atoms with Crippen LogP contribution in [0.2, 0.25) is 0 Å². The number of nitriles is 1. The van der Waals surface area contributed by atoms with Gasteiger partial charge in [0.15, 0.2) is 0 Å². The topological polar surface area (TPSA) is 23.8 Å². The van der Waals surface area contributed by atoms with Crippen molar-refractivity contribution in [1.82, 2.24) is 0 Å². The maximum Gasteiger partial charge on any atom is 0.141 e. The molecule has 2 aromatic rings. The third-order valence-corrected chi connectivity index (χ3v) is 3.17. The first-order chi connectivity index (χ1) is 8.91. The Bertz CT molecular complexity index is 628. The Morgan fingerprint density at radius 1 is 0.947 bits per heavy atom. The van der Waals surface area contributed by atoms with E-state index >= 15 is 0 Å². The van der Waals surface area contributed by atoms with Gasteiger partial charge in [-0.25, -0.2) is 4.39 Å². The van der Waals surface area contributed by atoms with Crippen LogP contribution in [0.4, 0.5) is 4.39 Å². The Labute approximate surface area is 113 Å². The van der Waals surface area contributed by atoms with Crippen molar-refractivity contribution in [2.45, 2.75) is 26.2 Å². The standard InChI is InChI=1S/C17H16FN/c1-17(2,3)15-8-6-12(7-9-15)13-4-5-14(11-19)16(18)10-13/h4-10H,1-3H3. The van der Waals surface area contributed by atoms with E-state index in [0.717, 1.165) is 11.1 Å². The molecule has 2 rings (SSSR count). The molecule has 0 aliphatic carbocycles. The lowest BCUT2D eigenvalue weighted by Crippen LogP contribution is -2.10. The summed E-state index contributed by atoms with van der Waals surface area (Å²) in [6, 6.07) is 14.6. The van der Waals surface area contributed by atoms with Crippen molar-refractivity contribution in [3.8, 4) is 17.2 Å². The van der Waals surface area contributed by atoms with Crippen molar-refractivity contribution in [3.05, 3.63) is 59.4 Å². The number of benzene rings is 2. The molecule has 0 saturated carbocycles. The molecule has 0 N–H and O–H groups in total. The zero-order valence-electron chi connectivity index (χ0n) is 11.4. The van der Waals surface area contributed by atoms with Crippen LogP contribution in [0.5, 0.6) is 0 Å². The minimum atomic E-state index is -0.472. The monoisotopic (exact) mass is 253 g/mol. The molecule has 0 bridgehead atoms. The van der Waals surface area contributed by atoms with Gasteiger partial charge in [-0.15, -0.1) is 0 Å². The highest BCUT2D eigenvalue weighted by atomic mass is 19.1. The van der Waals surface area contributed by atoms with Gasteiger partial charge in [0.25, 0.3) is 0 Å². The summed E-state index contributed by atoms with van der Waals surface area (Å²) in [4.78, 5) is 0. The summed E-state index contributed by atoms with van der Waals surface area (Å²) in [6.45, 7) is 6.47. The molecule has 0 aliphatic heterocycles. The minimum absolute atomic E-state index is 0.0788. The van der Waals surface area contributed by atoms with Gasteiger partial charge in [0.2, 0.25) is 0 Å². The lowest BCUT2D eigenvalue weighted by Gasteiger charge is -2.19. The zero-order chi connectivity index (χ0) is 14.0. The molecule has 2 aromatic carbocycles. The second-order valence-corrected chi connectivity index (χ2v) is 5.63.